The Morgan fingerprint density at radius 3 is 2.79 bits per heavy atom. The molecule has 0 bridgehead atoms. The number of rotatable bonds is 6. The maximum Gasteiger partial charge on any atom is 0.0816 e. The van der Waals surface area contributed by atoms with Crippen molar-refractivity contribution < 1.29 is 5.11 Å². The fourth-order valence-electron chi connectivity index (χ4n) is 2.02. The van der Waals surface area contributed by atoms with Gasteiger partial charge in [0, 0.05) is 18.1 Å². The van der Waals surface area contributed by atoms with Crippen LogP contribution in [0, 0.1) is 0 Å². The molecule has 0 aliphatic heterocycles. The minimum Gasteiger partial charge on any atom is -0.388 e. The third kappa shape index (κ3) is 4.32. The van der Waals surface area contributed by atoms with Crippen LogP contribution in [0.5, 0.6) is 0 Å². The van der Waals surface area contributed by atoms with Crippen LogP contribution in [0.15, 0.2) is 41.1 Å². The lowest BCUT2D eigenvalue weighted by Gasteiger charge is -2.19. The summed E-state index contributed by atoms with van der Waals surface area (Å²) in [6.45, 7) is 1.75. The second-order valence-electron chi connectivity index (χ2n) is 4.70. The Morgan fingerprint density at radius 2 is 2.11 bits per heavy atom. The van der Waals surface area contributed by atoms with Gasteiger partial charge < -0.3 is 10.0 Å². The van der Waals surface area contributed by atoms with Gasteiger partial charge in [-0.25, -0.2) is 0 Å². The van der Waals surface area contributed by atoms with Crippen molar-refractivity contribution in [3.63, 3.8) is 0 Å². The average molecular weight is 296 g/mol. The highest BCUT2D eigenvalue weighted by Gasteiger charge is 2.12. The standard InChI is InChI=1S/C15H18ClNOS/c1-17(10-12-7-9-19-11-12)8-6-15(18)13-4-2-3-5-14(13)16/h2-5,7,9,11,15,18H,6,8,10H2,1H3. The quantitative estimate of drug-likeness (QED) is 0.872. The lowest BCUT2D eigenvalue weighted by molar-refractivity contribution is 0.148. The third-order valence-corrected chi connectivity index (χ3v) is 4.16. The number of aliphatic hydroxyl groups excluding tert-OH is 1. The summed E-state index contributed by atoms with van der Waals surface area (Å²) in [5, 5.41) is 15.0. The SMILES string of the molecule is CN(CCC(O)c1ccccc1Cl)Cc1ccsc1. The topological polar surface area (TPSA) is 23.5 Å². The summed E-state index contributed by atoms with van der Waals surface area (Å²) in [7, 11) is 2.07. The van der Waals surface area contributed by atoms with Crippen LogP contribution in [0.2, 0.25) is 5.02 Å². The van der Waals surface area contributed by atoms with Crippen molar-refractivity contribution in [2.24, 2.45) is 0 Å². The maximum absolute atomic E-state index is 10.2. The summed E-state index contributed by atoms with van der Waals surface area (Å²) in [5.41, 5.74) is 2.13. The molecule has 0 aliphatic carbocycles. The monoisotopic (exact) mass is 295 g/mol. The molecule has 2 aromatic rings. The van der Waals surface area contributed by atoms with Gasteiger partial charge in [0.05, 0.1) is 6.10 Å². The van der Waals surface area contributed by atoms with E-state index in [0.717, 1.165) is 18.7 Å². The third-order valence-electron chi connectivity index (χ3n) is 3.08. The second-order valence-corrected chi connectivity index (χ2v) is 5.88. The molecular weight excluding hydrogens is 278 g/mol. The molecule has 0 spiro atoms. The first-order chi connectivity index (χ1) is 9.16. The lowest BCUT2D eigenvalue weighted by atomic mass is 10.1. The van der Waals surface area contributed by atoms with E-state index in [1.54, 1.807) is 11.3 Å². The van der Waals surface area contributed by atoms with Crippen LogP contribution in [-0.4, -0.2) is 23.6 Å². The molecule has 102 valence electrons. The lowest BCUT2D eigenvalue weighted by Crippen LogP contribution is -2.20. The van der Waals surface area contributed by atoms with Gasteiger partial charge in [-0.1, -0.05) is 29.8 Å². The van der Waals surface area contributed by atoms with Crippen LogP contribution in [0.4, 0.5) is 0 Å². The first-order valence-electron chi connectivity index (χ1n) is 6.29. The molecule has 2 rings (SSSR count). The molecule has 1 heterocycles. The van der Waals surface area contributed by atoms with Gasteiger partial charge in [-0.2, -0.15) is 11.3 Å². The largest absolute Gasteiger partial charge is 0.388 e. The van der Waals surface area contributed by atoms with Crippen molar-refractivity contribution in [2.75, 3.05) is 13.6 Å². The number of benzene rings is 1. The predicted octanol–water partition coefficient (Wildman–Crippen LogP) is 3.96. The first kappa shape index (κ1) is 14.5. The van der Waals surface area contributed by atoms with Gasteiger partial charge in [0.1, 0.15) is 0 Å². The van der Waals surface area contributed by atoms with Gasteiger partial charge in [0.2, 0.25) is 0 Å². The summed E-state index contributed by atoms with van der Waals surface area (Å²) in [5.74, 6) is 0. The van der Waals surface area contributed by atoms with Gasteiger partial charge in [-0.15, -0.1) is 0 Å². The zero-order valence-electron chi connectivity index (χ0n) is 10.9. The number of thiophene rings is 1. The molecule has 1 unspecified atom stereocenters. The van der Waals surface area contributed by atoms with Crippen LogP contribution in [0.3, 0.4) is 0 Å². The van der Waals surface area contributed by atoms with Gasteiger partial charge in [-0.3, -0.25) is 0 Å². The highest BCUT2D eigenvalue weighted by Crippen LogP contribution is 2.25. The van der Waals surface area contributed by atoms with Crippen LogP contribution in [-0.2, 0) is 6.54 Å². The molecule has 0 saturated carbocycles. The molecule has 4 heteroatoms. The summed E-state index contributed by atoms with van der Waals surface area (Å²) < 4.78 is 0. The molecule has 0 amide bonds. The molecule has 1 N–H and O–H groups in total. The second kappa shape index (κ2) is 7.06. The molecule has 2 nitrogen and oxygen atoms in total. The number of hydrogen-bond acceptors (Lipinski definition) is 3. The van der Waals surface area contributed by atoms with E-state index in [1.807, 2.05) is 24.3 Å². The highest BCUT2D eigenvalue weighted by atomic mass is 35.5. The van der Waals surface area contributed by atoms with E-state index in [1.165, 1.54) is 5.56 Å². The molecule has 1 atom stereocenters. The summed E-state index contributed by atoms with van der Waals surface area (Å²) in [6.07, 6.45) is 0.184. The number of aliphatic hydroxyl groups is 1. The molecule has 1 aromatic carbocycles. The van der Waals surface area contributed by atoms with Crippen LogP contribution in [0.1, 0.15) is 23.7 Å². The predicted molar refractivity (Wildman–Crippen MR) is 81.7 cm³/mol. The van der Waals surface area contributed by atoms with Gasteiger partial charge >= 0.3 is 0 Å². The molecule has 0 saturated heterocycles. The molecule has 19 heavy (non-hydrogen) atoms. The van der Waals surface area contributed by atoms with E-state index in [9.17, 15) is 5.11 Å². The Bertz CT molecular complexity index is 501. The smallest absolute Gasteiger partial charge is 0.0816 e. The molecule has 0 radical (unpaired) electrons. The Hall–Kier alpha value is -0.870. The van der Waals surface area contributed by atoms with Crippen LogP contribution in [0.25, 0.3) is 0 Å². The van der Waals surface area contributed by atoms with E-state index < -0.39 is 6.10 Å². The van der Waals surface area contributed by atoms with E-state index in [-0.39, 0.29) is 0 Å². The van der Waals surface area contributed by atoms with Crippen molar-refractivity contribution in [3.8, 4) is 0 Å². The van der Waals surface area contributed by atoms with E-state index >= 15 is 0 Å². The van der Waals surface area contributed by atoms with Crippen molar-refractivity contribution >= 4 is 22.9 Å². The van der Waals surface area contributed by atoms with E-state index in [2.05, 4.69) is 28.8 Å². The average Bonchev–Trinajstić information content (AvgIpc) is 2.89. The van der Waals surface area contributed by atoms with Gasteiger partial charge in [-0.05, 0) is 47.5 Å². The van der Waals surface area contributed by atoms with Crippen LogP contribution < -0.4 is 0 Å². The Morgan fingerprint density at radius 1 is 1.32 bits per heavy atom. The first-order valence-corrected chi connectivity index (χ1v) is 7.61. The summed E-state index contributed by atoms with van der Waals surface area (Å²) in [4.78, 5) is 2.21. The molecule has 0 aliphatic rings. The summed E-state index contributed by atoms with van der Waals surface area (Å²) >= 11 is 7.79. The molecule has 1 aromatic heterocycles. The van der Waals surface area contributed by atoms with Crippen molar-refractivity contribution in [2.45, 2.75) is 19.1 Å². The zero-order valence-corrected chi connectivity index (χ0v) is 12.5. The normalized spacial score (nSPS) is 12.8. The van der Waals surface area contributed by atoms with Crippen LogP contribution >= 0.6 is 22.9 Å². The summed E-state index contributed by atoms with van der Waals surface area (Å²) in [6, 6.07) is 9.60. The number of halogens is 1. The fourth-order valence-corrected chi connectivity index (χ4v) is 2.94. The van der Waals surface area contributed by atoms with Gasteiger partial charge in [0.25, 0.3) is 0 Å². The van der Waals surface area contributed by atoms with Crippen molar-refractivity contribution in [1.29, 1.82) is 0 Å². The van der Waals surface area contributed by atoms with E-state index in [0.29, 0.717) is 11.4 Å². The maximum atomic E-state index is 10.2. The van der Waals surface area contributed by atoms with Crippen molar-refractivity contribution in [1.82, 2.24) is 4.90 Å². The fraction of sp³-hybridized carbons (Fsp3) is 0.333. The van der Waals surface area contributed by atoms with E-state index in [4.69, 9.17) is 11.6 Å². The Balaban J connectivity index is 1.83. The van der Waals surface area contributed by atoms with Gasteiger partial charge in [0.15, 0.2) is 0 Å². The minimum atomic E-state index is -0.501. The highest BCUT2D eigenvalue weighted by molar-refractivity contribution is 7.07. The minimum absolute atomic E-state index is 0.501. The number of nitrogens with zero attached hydrogens (tertiary/aromatic N) is 1. The molecule has 0 fully saturated rings. The van der Waals surface area contributed by atoms with Crippen molar-refractivity contribution in [3.05, 3.63) is 57.2 Å². The zero-order chi connectivity index (χ0) is 13.7. The number of hydrogen-bond donors (Lipinski definition) is 1. The molecular formula is C15H18ClNOS. The Kier molecular flexibility index (Phi) is 5.40. The Labute approximate surface area is 123 Å².